The molecule has 0 saturated carbocycles. The van der Waals surface area contributed by atoms with Crippen LogP contribution in [0.4, 0.5) is 0 Å². The van der Waals surface area contributed by atoms with Crippen LogP contribution in [0.3, 0.4) is 0 Å². The topological polar surface area (TPSA) is 61.4 Å². The maximum absolute atomic E-state index is 11.8. The molecule has 0 aliphatic carbocycles. The smallest absolute Gasteiger partial charge is 0.241 e. The first-order valence-electron chi connectivity index (χ1n) is 5.15. The molecular formula is C10H19N3O2. The second kappa shape index (κ2) is 4.61. The van der Waals surface area contributed by atoms with E-state index in [1.54, 1.807) is 14.1 Å². The number of hydrogen-bond donors (Lipinski definition) is 2. The highest BCUT2D eigenvalue weighted by Crippen LogP contribution is 2.24. The van der Waals surface area contributed by atoms with E-state index in [-0.39, 0.29) is 23.8 Å². The summed E-state index contributed by atoms with van der Waals surface area (Å²) < 4.78 is 0. The maximum Gasteiger partial charge on any atom is 0.241 e. The molecular weight excluding hydrogens is 194 g/mol. The summed E-state index contributed by atoms with van der Waals surface area (Å²) in [4.78, 5) is 24.5. The quantitative estimate of drug-likeness (QED) is 0.644. The van der Waals surface area contributed by atoms with Gasteiger partial charge in [0.15, 0.2) is 0 Å². The van der Waals surface area contributed by atoms with Gasteiger partial charge < -0.3 is 15.5 Å². The number of nitrogens with zero attached hydrogens (tertiary/aromatic N) is 1. The first kappa shape index (κ1) is 12.0. The highest BCUT2D eigenvalue weighted by molar-refractivity contribution is 5.87. The van der Waals surface area contributed by atoms with Crippen LogP contribution in [0.1, 0.15) is 13.3 Å². The van der Waals surface area contributed by atoms with E-state index in [0.29, 0.717) is 6.54 Å². The summed E-state index contributed by atoms with van der Waals surface area (Å²) in [6.45, 7) is 3.56. The Morgan fingerprint density at radius 2 is 2.13 bits per heavy atom. The van der Waals surface area contributed by atoms with Crippen LogP contribution in [0.5, 0.6) is 0 Å². The van der Waals surface area contributed by atoms with Crippen molar-refractivity contribution in [3.05, 3.63) is 0 Å². The van der Waals surface area contributed by atoms with E-state index in [1.807, 2.05) is 6.92 Å². The first-order valence-corrected chi connectivity index (χ1v) is 5.15. The predicted octanol–water partition coefficient (Wildman–Crippen LogP) is -0.810. The average Bonchev–Trinajstić information content (AvgIpc) is 2.62. The van der Waals surface area contributed by atoms with Gasteiger partial charge in [-0.15, -0.1) is 0 Å². The van der Waals surface area contributed by atoms with Gasteiger partial charge in [0.2, 0.25) is 11.8 Å². The monoisotopic (exact) mass is 213 g/mol. The molecule has 0 aromatic rings. The summed E-state index contributed by atoms with van der Waals surface area (Å²) in [6.07, 6.45) is 0.828. The molecule has 5 heteroatoms. The van der Waals surface area contributed by atoms with Gasteiger partial charge in [-0.3, -0.25) is 9.59 Å². The third-order valence-electron chi connectivity index (χ3n) is 2.82. The van der Waals surface area contributed by atoms with E-state index >= 15 is 0 Å². The molecule has 1 fully saturated rings. The molecule has 0 aromatic heterocycles. The van der Waals surface area contributed by atoms with Crippen molar-refractivity contribution in [2.45, 2.75) is 13.3 Å². The predicted molar refractivity (Wildman–Crippen MR) is 57.3 cm³/mol. The number of nitrogens with one attached hydrogen (secondary N) is 2. The van der Waals surface area contributed by atoms with Crippen molar-refractivity contribution in [2.75, 3.05) is 33.7 Å². The summed E-state index contributed by atoms with van der Waals surface area (Å²) in [5.74, 6) is -0.124. The fourth-order valence-corrected chi connectivity index (χ4v) is 1.54. The van der Waals surface area contributed by atoms with Crippen molar-refractivity contribution in [2.24, 2.45) is 5.41 Å². The second-order valence-corrected chi connectivity index (χ2v) is 4.46. The van der Waals surface area contributed by atoms with E-state index in [9.17, 15) is 9.59 Å². The summed E-state index contributed by atoms with van der Waals surface area (Å²) in [5.41, 5.74) is -0.355. The lowest BCUT2D eigenvalue weighted by Gasteiger charge is -2.21. The molecule has 15 heavy (non-hydrogen) atoms. The normalized spacial score (nSPS) is 25.0. The minimum absolute atomic E-state index is 0.0392. The number of amides is 2. The Balaban J connectivity index is 2.39. The van der Waals surface area contributed by atoms with Crippen LogP contribution in [-0.4, -0.2) is 50.4 Å². The van der Waals surface area contributed by atoms with Crippen LogP contribution < -0.4 is 10.6 Å². The zero-order valence-electron chi connectivity index (χ0n) is 9.59. The Kier molecular flexibility index (Phi) is 3.68. The standard InChI is InChI=1S/C10H19N3O2/c1-10(4-5-11-7-10)9(15)12-6-8(14)13(2)3/h11H,4-7H2,1-3H3,(H,12,15). The molecule has 1 heterocycles. The average molecular weight is 213 g/mol. The third kappa shape index (κ3) is 2.92. The molecule has 86 valence electrons. The van der Waals surface area contributed by atoms with E-state index in [4.69, 9.17) is 0 Å². The Morgan fingerprint density at radius 3 is 2.60 bits per heavy atom. The van der Waals surface area contributed by atoms with Crippen molar-refractivity contribution in [1.29, 1.82) is 0 Å². The van der Waals surface area contributed by atoms with E-state index < -0.39 is 0 Å². The highest BCUT2D eigenvalue weighted by atomic mass is 16.2. The first-order chi connectivity index (χ1) is 6.96. The van der Waals surface area contributed by atoms with Crippen molar-refractivity contribution in [3.63, 3.8) is 0 Å². The van der Waals surface area contributed by atoms with Gasteiger partial charge in [0.1, 0.15) is 0 Å². The SMILES string of the molecule is CN(C)C(=O)CNC(=O)C1(C)CCNC1. The van der Waals surface area contributed by atoms with Gasteiger partial charge in [-0.25, -0.2) is 0 Å². The molecule has 0 radical (unpaired) electrons. The molecule has 1 rings (SSSR count). The summed E-state index contributed by atoms with van der Waals surface area (Å²) in [6, 6.07) is 0. The molecule has 0 aromatic carbocycles. The number of carbonyl (C=O) groups excluding carboxylic acids is 2. The molecule has 1 unspecified atom stereocenters. The van der Waals surface area contributed by atoms with Gasteiger partial charge in [0, 0.05) is 20.6 Å². The third-order valence-corrected chi connectivity index (χ3v) is 2.82. The highest BCUT2D eigenvalue weighted by Gasteiger charge is 2.36. The van der Waals surface area contributed by atoms with Gasteiger partial charge in [0.05, 0.1) is 12.0 Å². The van der Waals surface area contributed by atoms with Gasteiger partial charge in [-0.1, -0.05) is 0 Å². The molecule has 1 aliphatic rings. The van der Waals surface area contributed by atoms with Gasteiger partial charge in [-0.2, -0.15) is 0 Å². The lowest BCUT2D eigenvalue weighted by atomic mass is 9.89. The number of rotatable bonds is 3. The van der Waals surface area contributed by atoms with Gasteiger partial charge in [0.25, 0.3) is 0 Å². The van der Waals surface area contributed by atoms with Gasteiger partial charge >= 0.3 is 0 Å². The van der Waals surface area contributed by atoms with Gasteiger partial charge in [-0.05, 0) is 19.9 Å². The maximum atomic E-state index is 11.8. The molecule has 2 amide bonds. The van der Waals surface area contributed by atoms with Crippen LogP contribution >= 0.6 is 0 Å². The molecule has 1 aliphatic heterocycles. The lowest BCUT2D eigenvalue weighted by molar-refractivity contribution is -0.134. The summed E-state index contributed by atoms with van der Waals surface area (Å²) in [5, 5.41) is 5.82. The zero-order chi connectivity index (χ0) is 11.5. The fraction of sp³-hybridized carbons (Fsp3) is 0.800. The van der Waals surface area contributed by atoms with E-state index in [1.165, 1.54) is 4.90 Å². The molecule has 5 nitrogen and oxygen atoms in total. The van der Waals surface area contributed by atoms with Crippen LogP contribution in [0.25, 0.3) is 0 Å². The van der Waals surface area contributed by atoms with Crippen molar-refractivity contribution < 1.29 is 9.59 Å². The Bertz CT molecular complexity index is 257. The van der Waals surface area contributed by atoms with Crippen molar-refractivity contribution >= 4 is 11.8 Å². The van der Waals surface area contributed by atoms with Crippen LogP contribution in [0.15, 0.2) is 0 Å². The Labute approximate surface area is 90.2 Å². The zero-order valence-corrected chi connectivity index (χ0v) is 9.59. The largest absolute Gasteiger partial charge is 0.347 e. The van der Waals surface area contributed by atoms with Crippen molar-refractivity contribution in [1.82, 2.24) is 15.5 Å². The van der Waals surface area contributed by atoms with E-state index in [2.05, 4.69) is 10.6 Å². The molecule has 0 spiro atoms. The van der Waals surface area contributed by atoms with E-state index in [0.717, 1.165) is 13.0 Å². The molecule has 2 N–H and O–H groups in total. The van der Waals surface area contributed by atoms with Crippen molar-refractivity contribution in [3.8, 4) is 0 Å². The minimum Gasteiger partial charge on any atom is -0.347 e. The molecule has 1 saturated heterocycles. The Hall–Kier alpha value is -1.10. The van der Waals surface area contributed by atoms with Crippen LogP contribution in [0.2, 0.25) is 0 Å². The van der Waals surface area contributed by atoms with Crippen LogP contribution in [-0.2, 0) is 9.59 Å². The number of hydrogen-bond acceptors (Lipinski definition) is 3. The number of likely N-dealkylation sites (N-methyl/N-ethyl adjacent to an activating group) is 1. The molecule has 0 bridgehead atoms. The Morgan fingerprint density at radius 1 is 1.47 bits per heavy atom. The number of carbonyl (C=O) groups is 2. The lowest BCUT2D eigenvalue weighted by Crippen LogP contribution is -2.44. The summed E-state index contributed by atoms with van der Waals surface area (Å²) >= 11 is 0. The van der Waals surface area contributed by atoms with Crippen LogP contribution in [0, 0.1) is 5.41 Å². The second-order valence-electron chi connectivity index (χ2n) is 4.46. The molecule has 1 atom stereocenters. The minimum atomic E-state index is -0.355. The fourth-order valence-electron chi connectivity index (χ4n) is 1.54. The summed E-state index contributed by atoms with van der Waals surface area (Å²) in [7, 11) is 3.35.